The Kier molecular flexibility index (Phi) is 6.82. The lowest BCUT2D eigenvalue weighted by atomic mass is 10.2. The number of hydrogen-bond donors (Lipinski definition) is 1. The number of pyridine rings is 1. The van der Waals surface area contributed by atoms with E-state index >= 15 is 0 Å². The summed E-state index contributed by atoms with van der Waals surface area (Å²) in [5.74, 6) is -1.01. The van der Waals surface area contributed by atoms with Crippen molar-refractivity contribution in [3.63, 3.8) is 0 Å². The van der Waals surface area contributed by atoms with Gasteiger partial charge in [0, 0.05) is 25.8 Å². The summed E-state index contributed by atoms with van der Waals surface area (Å²) in [5.41, 5.74) is 0.599. The molecule has 4 rings (SSSR count). The number of anilines is 2. The first-order valence-corrected chi connectivity index (χ1v) is 11.7. The summed E-state index contributed by atoms with van der Waals surface area (Å²) in [6, 6.07) is 6.68. The number of alkyl halides is 3. The Morgan fingerprint density at radius 1 is 1.09 bits per heavy atom. The molecule has 2 fully saturated rings. The lowest BCUT2D eigenvalue weighted by Gasteiger charge is -2.26. The van der Waals surface area contributed by atoms with Crippen molar-refractivity contribution >= 4 is 33.7 Å². The Morgan fingerprint density at radius 2 is 1.77 bits per heavy atom. The van der Waals surface area contributed by atoms with Crippen LogP contribution >= 0.6 is 0 Å². The van der Waals surface area contributed by atoms with Gasteiger partial charge in [-0.25, -0.2) is 14.7 Å². The van der Waals surface area contributed by atoms with E-state index in [1.165, 1.54) is 33.6 Å². The zero-order valence-electron chi connectivity index (χ0n) is 18.1. The summed E-state index contributed by atoms with van der Waals surface area (Å²) >= 11 is 0. The topological polar surface area (TPSA) is 121 Å². The van der Waals surface area contributed by atoms with E-state index in [0.29, 0.717) is 5.56 Å². The molecule has 3 amide bonds. The maximum atomic E-state index is 12.8. The third-order valence-electron chi connectivity index (χ3n) is 5.11. The fourth-order valence-corrected chi connectivity index (χ4v) is 4.69. The number of hydrogen-bond acceptors (Lipinski definition) is 7. The normalized spacial score (nSPS) is 17.7. The first-order valence-electron chi connectivity index (χ1n) is 10.3. The van der Waals surface area contributed by atoms with Crippen LogP contribution in [0.4, 0.5) is 29.5 Å². The zero-order valence-corrected chi connectivity index (χ0v) is 18.9. The van der Waals surface area contributed by atoms with E-state index in [1.807, 2.05) is 0 Å². The number of aromatic nitrogens is 1. The van der Waals surface area contributed by atoms with Crippen LogP contribution in [0.15, 0.2) is 42.6 Å². The van der Waals surface area contributed by atoms with Crippen LogP contribution in [0, 0.1) is 0 Å². The van der Waals surface area contributed by atoms with E-state index in [4.69, 9.17) is 4.74 Å². The molecule has 0 aliphatic carbocycles. The van der Waals surface area contributed by atoms with Crippen LogP contribution in [-0.2, 0) is 26.3 Å². The minimum absolute atomic E-state index is 0.0227. The molecule has 11 nitrogen and oxygen atoms in total. The molecule has 0 saturated carbocycles. The molecule has 0 unspecified atom stereocenters. The molecule has 1 aromatic carbocycles. The molecule has 1 aromatic heterocycles. The van der Waals surface area contributed by atoms with Gasteiger partial charge >= 0.3 is 22.6 Å². The van der Waals surface area contributed by atoms with Crippen LogP contribution in [-0.4, -0.2) is 73.8 Å². The Labute approximate surface area is 198 Å². The van der Waals surface area contributed by atoms with Gasteiger partial charge in [0.15, 0.2) is 0 Å². The van der Waals surface area contributed by atoms with E-state index in [-0.39, 0.29) is 50.9 Å². The molecule has 0 radical (unpaired) electrons. The van der Waals surface area contributed by atoms with Crippen molar-refractivity contribution in [1.82, 2.24) is 14.2 Å². The number of morpholine rings is 1. The van der Waals surface area contributed by atoms with Crippen molar-refractivity contribution in [2.75, 3.05) is 42.5 Å². The van der Waals surface area contributed by atoms with Crippen LogP contribution in [0.2, 0.25) is 0 Å². The van der Waals surface area contributed by atoms with E-state index in [9.17, 15) is 31.2 Å². The van der Waals surface area contributed by atoms with Crippen molar-refractivity contribution in [2.45, 2.75) is 12.9 Å². The SMILES string of the molecule is O=C1CN(Cc2ccnc(NS(=O)(=O)N3CCOCC3)c2)C(=O)N1c1ccc(OC(F)(F)F)cc1. The number of rotatable bonds is 7. The summed E-state index contributed by atoms with van der Waals surface area (Å²) in [6.45, 7) is 0.696. The number of halogens is 3. The highest BCUT2D eigenvalue weighted by Crippen LogP contribution is 2.28. The second kappa shape index (κ2) is 9.67. The highest BCUT2D eigenvalue weighted by atomic mass is 32.2. The number of carbonyl (C=O) groups is 2. The summed E-state index contributed by atoms with van der Waals surface area (Å²) in [7, 11) is -3.84. The van der Waals surface area contributed by atoms with E-state index in [0.717, 1.165) is 17.0 Å². The van der Waals surface area contributed by atoms with Crippen molar-refractivity contribution in [3.05, 3.63) is 48.2 Å². The molecule has 15 heteroatoms. The fourth-order valence-electron chi connectivity index (χ4n) is 3.56. The molecular weight excluding hydrogens is 495 g/mol. The number of nitrogens with zero attached hydrogens (tertiary/aromatic N) is 4. The highest BCUT2D eigenvalue weighted by Gasteiger charge is 2.37. The van der Waals surface area contributed by atoms with Gasteiger partial charge in [0.25, 0.3) is 5.91 Å². The second-order valence-electron chi connectivity index (χ2n) is 7.58. The Morgan fingerprint density at radius 3 is 2.43 bits per heavy atom. The lowest BCUT2D eigenvalue weighted by molar-refractivity contribution is -0.274. The molecule has 188 valence electrons. The van der Waals surface area contributed by atoms with Gasteiger partial charge in [-0.1, -0.05) is 0 Å². The minimum atomic E-state index is -4.86. The van der Waals surface area contributed by atoms with Gasteiger partial charge in [-0.3, -0.25) is 9.52 Å². The molecular formula is C20H20F3N5O6S. The summed E-state index contributed by atoms with van der Waals surface area (Å²) in [4.78, 5) is 31.4. The second-order valence-corrected chi connectivity index (χ2v) is 9.25. The molecule has 0 spiro atoms. The van der Waals surface area contributed by atoms with Gasteiger partial charge in [-0.15, -0.1) is 13.2 Å². The average Bonchev–Trinajstić information content (AvgIpc) is 3.06. The number of imide groups is 1. The maximum absolute atomic E-state index is 12.8. The van der Waals surface area contributed by atoms with Gasteiger partial charge in [0.2, 0.25) is 0 Å². The van der Waals surface area contributed by atoms with Crippen LogP contribution in [0.5, 0.6) is 5.75 Å². The summed E-state index contributed by atoms with van der Waals surface area (Å²) < 4.78 is 74.7. The predicted octanol–water partition coefficient (Wildman–Crippen LogP) is 1.94. The fraction of sp³-hybridized carbons (Fsp3) is 0.350. The molecule has 0 bridgehead atoms. The van der Waals surface area contributed by atoms with Gasteiger partial charge in [-0.05, 0) is 42.0 Å². The van der Waals surface area contributed by atoms with Crippen LogP contribution < -0.4 is 14.4 Å². The number of amides is 3. The molecule has 2 saturated heterocycles. The van der Waals surface area contributed by atoms with Gasteiger partial charge in [0.05, 0.1) is 18.9 Å². The number of benzene rings is 1. The van der Waals surface area contributed by atoms with Crippen LogP contribution in [0.25, 0.3) is 0 Å². The van der Waals surface area contributed by atoms with Gasteiger partial charge in [-0.2, -0.15) is 12.7 Å². The monoisotopic (exact) mass is 515 g/mol. The molecule has 2 aliphatic heterocycles. The van der Waals surface area contributed by atoms with E-state index < -0.39 is 34.3 Å². The molecule has 0 atom stereocenters. The first-order chi connectivity index (χ1) is 16.5. The molecule has 35 heavy (non-hydrogen) atoms. The lowest BCUT2D eigenvalue weighted by Crippen LogP contribution is -2.43. The molecule has 1 N–H and O–H groups in total. The quantitative estimate of drug-likeness (QED) is 0.560. The molecule has 3 heterocycles. The van der Waals surface area contributed by atoms with Gasteiger partial charge in [0.1, 0.15) is 18.1 Å². The average molecular weight is 515 g/mol. The van der Waals surface area contributed by atoms with Crippen molar-refractivity contribution in [2.24, 2.45) is 0 Å². The van der Waals surface area contributed by atoms with Crippen molar-refractivity contribution in [1.29, 1.82) is 0 Å². The van der Waals surface area contributed by atoms with Crippen molar-refractivity contribution in [3.8, 4) is 5.75 Å². The van der Waals surface area contributed by atoms with Crippen molar-refractivity contribution < 1.29 is 40.7 Å². The predicted molar refractivity (Wildman–Crippen MR) is 116 cm³/mol. The van der Waals surface area contributed by atoms with E-state index in [2.05, 4.69) is 14.4 Å². The van der Waals surface area contributed by atoms with Crippen LogP contribution in [0.3, 0.4) is 0 Å². The van der Waals surface area contributed by atoms with E-state index in [1.54, 1.807) is 6.07 Å². The molecule has 2 aromatic rings. The maximum Gasteiger partial charge on any atom is 0.573 e. The number of carbonyl (C=O) groups excluding carboxylic acids is 2. The Balaban J connectivity index is 1.43. The number of ether oxygens (including phenoxy) is 2. The third kappa shape index (κ3) is 5.98. The highest BCUT2D eigenvalue weighted by molar-refractivity contribution is 7.90. The Hall–Kier alpha value is -3.43. The first kappa shape index (κ1) is 24.7. The Bertz CT molecular complexity index is 1200. The standard InChI is InChI=1S/C20H20F3N5O6S/c21-20(22,23)34-16-3-1-15(2-4-16)28-18(29)13-26(19(28)30)12-14-5-6-24-17(11-14)25-35(31,32)27-7-9-33-10-8-27/h1-6,11H,7-10,12-13H2,(H,24,25). The largest absolute Gasteiger partial charge is 0.573 e. The minimum Gasteiger partial charge on any atom is -0.406 e. The summed E-state index contributed by atoms with van der Waals surface area (Å²) in [6.07, 6.45) is -3.50. The zero-order chi connectivity index (χ0) is 25.2. The van der Waals surface area contributed by atoms with Gasteiger partial charge < -0.3 is 14.4 Å². The number of urea groups is 1. The van der Waals surface area contributed by atoms with Crippen LogP contribution in [0.1, 0.15) is 5.56 Å². The smallest absolute Gasteiger partial charge is 0.406 e. The number of nitrogens with one attached hydrogen (secondary N) is 1. The summed E-state index contributed by atoms with van der Waals surface area (Å²) in [5, 5.41) is 0. The third-order valence-corrected chi connectivity index (χ3v) is 6.62. The molecule has 2 aliphatic rings.